The summed E-state index contributed by atoms with van der Waals surface area (Å²) in [7, 11) is 5.50. The number of carbonyl (C=O) groups is 1. The Labute approximate surface area is 327 Å². The summed E-state index contributed by atoms with van der Waals surface area (Å²) in [6.07, 6.45) is -0.697. The van der Waals surface area contributed by atoms with Crippen molar-refractivity contribution in [2.24, 2.45) is 5.92 Å². The fourth-order valence-corrected chi connectivity index (χ4v) is 9.89. The van der Waals surface area contributed by atoms with E-state index in [1.54, 1.807) is 4.68 Å². The van der Waals surface area contributed by atoms with Crippen LogP contribution in [0.25, 0.3) is 0 Å². The molecule has 3 aromatic rings. The fourth-order valence-electron chi connectivity index (χ4n) is 9.61. The number of alkyl halides is 4. The molecule has 1 aromatic carbocycles. The van der Waals surface area contributed by atoms with Crippen molar-refractivity contribution in [2.45, 2.75) is 94.7 Å². The highest BCUT2D eigenvalue weighted by molar-refractivity contribution is 6.34. The van der Waals surface area contributed by atoms with Crippen LogP contribution < -0.4 is 15.4 Å². The van der Waals surface area contributed by atoms with Gasteiger partial charge >= 0.3 is 12.2 Å². The van der Waals surface area contributed by atoms with Gasteiger partial charge in [-0.05, 0) is 77.2 Å². The van der Waals surface area contributed by atoms with Gasteiger partial charge in [-0.1, -0.05) is 11.6 Å². The van der Waals surface area contributed by atoms with E-state index in [0.29, 0.717) is 73.9 Å². The lowest BCUT2D eigenvalue weighted by Crippen LogP contribution is -2.57. The van der Waals surface area contributed by atoms with Crippen molar-refractivity contribution >= 4 is 29.0 Å². The second-order valence-electron chi connectivity index (χ2n) is 16.0. The molecule has 7 heterocycles. The van der Waals surface area contributed by atoms with Crippen molar-refractivity contribution in [1.29, 1.82) is 0 Å². The number of methoxy groups -OCH3 is 1. The number of carbonyl (C=O) groups excluding carboxylic acids is 1. The molecule has 5 atom stereocenters. The average Bonchev–Trinajstić information content (AvgIpc) is 3.84. The SMILES string of the molecule is COc1nc2c(c(N3CCCn4nc(C(=O)N5CC6CCC6(N(C)C)C5)c(Cl)c4C3)n1)COC(c1c(C(F)(F)F)ccc(N)c1F)C2.FC1CC2CCCN2C1. The van der Waals surface area contributed by atoms with Crippen LogP contribution in [0.2, 0.25) is 5.02 Å². The quantitative estimate of drug-likeness (QED) is 0.256. The van der Waals surface area contributed by atoms with Gasteiger partial charge in [-0.15, -0.1) is 0 Å². The van der Waals surface area contributed by atoms with E-state index in [0.717, 1.165) is 37.9 Å². The number of nitrogen functional groups attached to an aromatic ring is 1. The summed E-state index contributed by atoms with van der Waals surface area (Å²) in [4.78, 5) is 31.1. The molecule has 304 valence electrons. The highest BCUT2D eigenvalue weighted by Crippen LogP contribution is 2.48. The van der Waals surface area contributed by atoms with Crippen molar-refractivity contribution in [2.75, 3.05) is 64.6 Å². The minimum Gasteiger partial charge on any atom is -0.467 e. The van der Waals surface area contributed by atoms with E-state index >= 15 is 4.39 Å². The molecule has 3 saturated heterocycles. The summed E-state index contributed by atoms with van der Waals surface area (Å²) in [5, 5.41) is 4.94. The van der Waals surface area contributed by atoms with E-state index < -0.39 is 41.1 Å². The van der Waals surface area contributed by atoms with Crippen LogP contribution in [0.5, 0.6) is 6.01 Å². The minimum absolute atomic E-state index is 0.00157. The van der Waals surface area contributed by atoms with Crippen LogP contribution >= 0.6 is 11.6 Å². The standard InChI is InChI=1S/C31H35ClF4N8O3.C7H12FN/c1-41(2)30-8-7-16(30)12-43(15-30)28(45)26-24(32)21-13-42(9-4-10-44(21)40-26)27-17-14-47-22(11-20(17)38-29(39-27)46-3)23-18(31(34,35)36)5-6-19(37)25(23)33;8-6-4-7-2-1-3-9(7)5-6/h5-6,16,22H,4,7-15,37H2,1-3H3;6-7H,1-5H2. The lowest BCUT2D eigenvalue weighted by Gasteiger charge is -2.48. The van der Waals surface area contributed by atoms with Crippen LogP contribution in [0, 0.1) is 11.7 Å². The predicted octanol–water partition coefficient (Wildman–Crippen LogP) is 5.66. The largest absolute Gasteiger partial charge is 0.467 e. The molecule has 0 radical (unpaired) electrons. The van der Waals surface area contributed by atoms with Crippen LogP contribution in [0.4, 0.5) is 33.5 Å². The number of aromatic nitrogens is 4. The molecule has 0 bridgehead atoms. The van der Waals surface area contributed by atoms with E-state index in [1.807, 2.05) is 9.80 Å². The van der Waals surface area contributed by atoms with Crippen molar-refractivity contribution in [3.63, 3.8) is 0 Å². The zero-order valence-corrected chi connectivity index (χ0v) is 32.5. The van der Waals surface area contributed by atoms with E-state index in [-0.39, 0.29) is 47.7 Å². The number of hydrogen-bond donors (Lipinski definition) is 1. The summed E-state index contributed by atoms with van der Waals surface area (Å²) in [5.41, 5.74) is 5.22. The zero-order chi connectivity index (χ0) is 39.7. The van der Waals surface area contributed by atoms with Crippen LogP contribution in [0.3, 0.4) is 0 Å². The molecule has 18 heteroatoms. The molecule has 6 aliphatic rings. The number of halogens is 6. The first-order chi connectivity index (χ1) is 26.7. The number of likely N-dealkylation sites (tertiary alicyclic amines) is 1. The van der Waals surface area contributed by atoms with Gasteiger partial charge in [0.1, 0.15) is 12.0 Å². The maximum absolute atomic E-state index is 15.1. The van der Waals surface area contributed by atoms with E-state index in [4.69, 9.17) is 26.8 Å². The summed E-state index contributed by atoms with van der Waals surface area (Å²) < 4.78 is 82.4. The molecule has 5 aliphatic heterocycles. The van der Waals surface area contributed by atoms with Crippen molar-refractivity contribution in [3.05, 3.63) is 56.7 Å². The fraction of sp³-hybridized carbons (Fsp3) is 0.632. The van der Waals surface area contributed by atoms with Crippen molar-refractivity contribution in [1.82, 2.24) is 34.4 Å². The van der Waals surface area contributed by atoms with E-state index in [1.165, 1.54) is 20.0 Å². The Hall–Kier alpha value is -3.80. The van der Waals surface area contributed by atoms with Gasteiger partial charge in [0, 0.05) is 61.9 Å². The number of amides is 1. The number of anilines is 2. The van der Waals surface area contributed by atoms with Gasteiger partial charge in [0.2, 0.25) is 0 Å². The first-order valence-corrected chi connectivity index (χ1v) is 19.6. The number of rotatable bonds is 5. The van der Waals surface area contributed by atoms with Crippen molar-refractivity contribution < 1.29 is 36.2 Å². The number of aryl methyl sites for hydroxylation is 1. The Morgan fingerprint density at radius 2 is 1.93 bits per heavy atom. The number of nitrogens with two attached hydrogens (primary N) is 1. The van der Waals surface area contributed by atoms with Crippen LogP contribution in [0.15, 0.2) is 12.1 Å². The molecule has 1 saturated carbocycles. The third-order valence-corrected chi connectivity index (χ3v) is 13.1. The molecule has 5 unspecified atom stereocenters. The molecule has 0 spiro atoms. The highest BCUT2D eigenvalue weighted by Gasteiger charge is 2.56. The van der Waals surface area contributed by atoms with Gasteiger partial charge < -0.3 is 29.9 Å². The molecule has 1 amide bonds. The Morgan fingerprint density at radius 3 is 2.61 bits per heavy atom. The predicted molar refractivity (Wildman–Crippen MR) is 198 cm³/mol. The average molecular weight is 808 g/mol. The van der Waals surface area contributed by atoms with Gasteiger partial charge in [0.15, 0.2) is 11.5 Å². The molecular weight excluding hydrogens is 761 g/mol. The van der Waals surface area contributed by atoms with Gasteiger partial charge in [-0.25, -0.2) is 8.78 Å². The second kappa shape index (κ2) is 14.9. The normalized spacial score (nSPS) is 27.2. The van der Waals surface area contributed by atoms with E-state index in [2.05, 4.69) is 39.0 Å². The summed E-state index contributed by atoms with van der Waals surface area (Å²) in [5.74, 6) is -0.483. The smallest absolute Gasteiger partial charge is 0.416 e. The maximum Gasteiger partial charge on any atom is 0.416 e. The monoisotopic (exact) mass is 807 g/mol. The molecule has 12 nitrogen and oxygen atoms in total. The molecule has 2 N–H and O–H groups in total. The van der Waals surface area contributed by atoms with Crippen molar-refractivity contribution in [3.8, 4) is 6.01 Å². The molecule has 56 heavy (non-hydrogen) atoms. The number of ether oxygens (including phenoxy) is 2. The topological polar surface area (TPSA) is 118 Å². The lowest BCUT2D eigenvalue weighted by molar-refractivity contribution is -0.140. The number of likely N-dealkylation sites (N-methyl/N-ethyl adjacent to an activating group) is 1. The Morgan fingerprint density at radius 1 is 1.12 bits per heavy atom. The molecule has 4 fully saturated rings. The molecule has 9 rings (SSSR count). The number of nitrogens with zero attached hydrogens (tertiary/aromatic N) is 8. The van der Waals surface area contributed by atoms with Crippen LogP contribution in [-0.4, -0.2) is 112 Å². The zero-order valence-electron chi connectivity index (χ0n) is 31.7. The molecule has 2 aromatic heterocycles. The minimum atomic E-state index is -4.82. The Kier molecular flexibility index (Phi) is 10.4. The summed E-state index contributed by atoms with van der Waals surface area (Å²) >= 11 is 6.91. The summed E-state index contributed by atoms with van der Waals surface area (Å²) in [6.45, 7) is 4.27. The van der Waals surface area contributed by atoms with Crippen LogP contribution in [0.1, 0.15) is 83.2 Å². The van der Waals surface area contributed by atoms with E-state index in [9.17, 15) is 22.4 Å². The van der Waals surface area contributed by atoms with Gasteiger partial charge in [-0.3, -0.25) is 14.4 Å². The van der Waals surface area contributed by atoms with Gasteiger partial charge in [0.05, 0.1) is 54.0 Å². The van der Waals surface area contributed by atoms with Gasteiger partial charge in [0.25, 0.3) is 5.91 Å². The Bertz CT molecular complexity index is 1990. The highest BCUT2D eigenvalue weighted by atomic mass is 35.5. The Balaban J connectivity index is 0.000000427. The maximum atomic E-state index is 15.1. The summed E-state index contributed by atoms with van der Waals surface area (Å²) in [6, 6.07) is 2.27. The van der Waals surface area contributed by atoms with Crippen LogP contribution in [-0.2, 0) is 37.0 Å². The third-order valence-electron chi connectivity index (χ3n) is 12.7. The third kappa shape index (κ3) is 6.85. The number of benzene rings is 1. The molecule has 1 aliphatic carbocycles. The first-order valence-electron chi connectivity index (χ1n) is 19.2. The second-order valence-corrected chi connectivity index (χ2v) is 16.4. The molecular formula is C38H47ClF5N9O3. The number of fused-ring (bicyclic) bond motifs is 4. The number of hydrogen-bond acceptors (Lipinski definition) is 10. The lowest BCUT2D eigenvalue weighted by atomic mass is 9.68. The first kappa shape index (κ1) is 39.0. The van der Waals surface area contributed by atoms with Gasteiger partial charge in [-0.2, -0.15) is 28.2 Å².